The number of hydrogen-bond acceptors (Lipinski definition) is 2. The smallest absolute Gasteiger partial charge is 0.251 e. The molecule has 0 saturated carbocycles. The molecule has 3 aromatic carbocycles. The van der Waals surface area contributed by atoms with Crippen LogP contribution in [0.3, 0.4) is 0 Å². The van der Waals surface area contributed by atoms with Gasteiger partial charge in [-0.3, -0.25) is 9.59 Å². The third-order valence-corrected chi connectivity index (χ3v) is 5.55. The molecule has 32 heavy (non-hydrogen) atoms. The van der Waals surface area contributed by atoms with Gasteiger partial charge >= 0.3 is 0 Å². The van der Waals surface area contributed by atoms with Crippen molar-refractivity contribution < 1.29 is 9.59 Å². The molecule has 0 fully saturated rings. The lowest BCUT2D eigenvalue weighted by molar-refractivity contribution is -0.118. The fourth-order valence-corrected chi connectivity index (χ4v) is 3.48. The SMILES string of the molecule is CCc1ccc(NC(=O)C(Cc2ccccc2)NC(=O)c2ccc(C(C)(C)C)cc2)cc1. The summed E-state index contributed by atoms with van der Waals surface area (Å²) in [6, 6.07) is 24.4. The molecule has 166 valence electrons. The Morgan fingerprint density at radius 3 is 2.00 bits per heavy atom. The molecule has 0 aliphatic carbocycles. The van der Waals surface area contributed by atoms with Crippen LogP contribution < -0.4 is 10.6 Å². The van der Waals surface area contributed by atoms with Crippen molar-refractivity contribution in [1.82, 2.24) is 5.32 Å². The highest BCUT2D eigenvalue weighted by atomic mass is 16.2. The summed E-state index contributed by atoms with van der Waals surface area (Å²) in [6.45, 7) is 8.49. The highest BCUT2D eigenvalue weighted by molar-refractivity contribution is 6.01. The fraction of sp³-hybridized carbons (Fsp3) is 0.286. The molecule has 0 heterocycles. The van der Waals surface area contributed by atoms with Crippen LogP contribution in [-0.2, 0) is 23.1 Å². The third-order valence-electron chi connectivity index (χ3n) is 5.55. The Bertz CT molecular complexity index is 1030. The summed E-state index contributed by atoms with van der Waals surface area (Å²) < 4.78 is 0. The zero-order valence-corrected chi connectivity index (χ0v) is 19.3. The number of rotatable bonds is 7. The molecule has 1 atom stereocenters. The molecule has 3 aromatic rings. The van der Waals surface area contributed by atoms with E-state index in [0.717, 1.165) is 17.5 Å². The summed E-state index contributed by atoms with van der Waals surface area (Å²) in [5.41, 5.74) is 4.61. The first-order valence-electron chi connectivity index (χ1n) is 11.1. The molecular formula is C28H32N2O2. The molecule has 0 aromatic heterocycles. The lowest BCUT2D eigenvalue weighted by Crippen LogP contribution is -2.45. The second-order valence-corrected chi connectivity index (χ2v) is 9.08. The standard InChI is InChI=1S/C28H32N2O2/c1-5-20-11-17-24(18-12-20)29-27(32)25(19-21-9-7-6-8-10-21)30-26(31)22-13-15-23(16-14-22)28(2,3)4/h6-18,25H,5,19H2,1-4H3,(H,29,32)(H,30,31). The van der Waals surface area contributed by atoms with E-state index in [4.69, 9.17) is 0 Å². The van der Waals surface area contributed by atoms with E-state index in [1.807, 2.05) is 78.9 Å². The van der Waals surface area contributed by atoms with Gasteiger partial charge in [0.15, 0.2) is 0 Å². The second-order valence-electron chi connectivity index (χ2n) is 9.08. The van der Waals surface area contributed by atoms with Crippen LogP contribution in [0.4, 0.5) is 5.69 Å². The Balaban J connectivity index is 1.77. The maximum Gasteiger partial charge on any atom is 0.251 e. The van der Waals surface area contributed by atoms with Gasteiger partial charge in [0.25, 0.3) is 5.91 Å². The number of carbonyl (C=O) groups is 2. The van der Waals surface area contributed by atoms with Crippen molar-refractivity contribution in [3.8, 4) is 0 Å². The topological polar surface area (TPSA) is 58.2 Å². The number of benzene rings is 3. The summed E-state index contributed by atoms with van der Waals surface area (Å²) in [4.78, 5) is 26.1. The molecule has 2 N–H and O–H groups in total. The largest absolute Gasteiger partial charge is 0.340 e. The molecule has 0 bridgehead atoms. The van der Waals surface area contributed by atoms with E-state index in [-0.39, 0.29) is 17.2 Å². The maximum atomic E-state index is 13.1. The van der Waals surface area contributed by atoms with Crippen LogP contribution in [0.5, 0.6) is 0 Å². The van der Waals surface area contributed by atoms with Gasteiger partial charge < -0.3 is 10.6 Å². The lowest BCUT2D eigenvalue weighted by Gasteiger charge is -2.21. The molecule has 0 spiro atoms. The molecule has 1 unspecified atom stereocenters. The average molecular weight is 429 g/mol. The number of nitrogens with one attached hydrogen (secondary N) is 2. The van der Waals surface area contributed by atoms with E-state index in [1.165, 1.54) is 5.56 Å². The normalized spacial score (nSPS) is 12.1. The van der Waals surface area contributed by atoms with E-state index in [0.29, 0.717) is 17.7 Å². The Hall–Kier alpha value is -3.40. The second kappa shape index (κ2) is 10.3. The van der Waals surface area contributed by atoms with Crippen molar-refractivity contribution in [3.05, 3.63) is 101 Å². The molecular weight excluding hydrogens is 396 g/mol. The van der Waals surface area contributed by atoms with E-state index in [1.54, 1.807) is 0 Å². The Kier molecular flexibility index (Phi) is 7.47. The van der Waals surface area contributed by atoms with Gasteiger partial charge in [-0.25, -0.2) is 0 Å². The maximum absolute atomic E-state index is 13.1. The highest BCUT2D eigenvalue weighted by Gasteiger charge is 2.23. The molecule has 2 amide bonds. The Morgan fingerprint density at radius 1 is 0.812 bits per heavy atom. The van der Waals surface area contributed by atoms with Crippen molar-refractivity contribution in [2.45, 2.75) is 52.0 Å². The molecule has 3 rings (SSSR count). The minimum atomic E-state index is -0.696. The minimum absolute atomic E-state index is 0.0120. The van der Waals surface area contributed by atoms with Gasteiger partial charge in [0.2, 0.25) is 5.91 Å². The summed E-state index contributed by atoms with van der Waals surface area (Å²) in [6.07, 6.45) is 1.35. The summed E-state index contributed by atoms with van der Waals surface area (Å²) in [7, 11) is 0. The predicted molar refractivity (Wildman–Crippen MR) is 131 cm³/mol. The molecule has 0 aliphatic rings. The third kappa shape index (κ3) is 6.30. The van der Waals surface area contributed by atoms with Crippen LogP contribution in [0.1, 0.15) is 54.7 Å². The predicted octanol–water partition coefficient (Wildman–Crippen LogP) is 5.53. The number of carbonyl (C=O) groups excluding carboxylic acids is 2. The van der Waals surface area contributed by atoms with E-state index >= 15 is 0 Å². The van der Waals surface area contributed by atoms with Crippen molar-refractivity contribution in [1.29, 1.82) is 0 Å². The number of aryl methyl sites for hydroxylation is 1. The van der Waals surface area contributed by atoms with Crippen LogP contribution in [-0.4, -0.2) is 17.9 Å². The quantitative estimate of drug-likeness (QED) is 0.520. The molecule has 0 saturated heterocycles. The first kappa shape index (κ1) is 23.3. The van der Waals surface area contributed by atoms with Gasteiger partial charge in [0, 0.05) is 17.7 Å². The zero-order valence-electron chi connectivity index (χ0n) is 19.3. The Morgan fingerprint density at radius 2 is 1.44 bits per heavy atom. The number of anilines is 1. The molecule has 4 heteroatoms. The van der Waals surface area contributed by atoms with Gasteiger partial charge in [-0.05, 0) is 52.8 Å². The van der Waals surface area contributed by atoms with Crippen LogP contribution >= 0.6 is 0 Å². The van der Waals surface area contributed by atoms with Gasteiger partial charge in [0.1, 0.15) is 6.04 Å². The van der Waals surface area contributed by atoms with Crippen LogP contribution in [0.15, 0.2) is 78.9 Å². The minimum Gasteiger partial charge on any atom is -0.340 e. The van der Waals surface area contributed by atoms with Gasteiger partial charge in [0.05, 0.1) is 0 Å². The average Bonchev–Trinajstić information content (AvgIpc) is 2.79. The van der Waals surface area contributed by atoms with E-state index < -0.39 is 6.04 Å². The van der Waals surface area contributed by atoms with Crippen molar-refractivity contribution >= 4 is 17.5 Å². The molecule has 0 radical (unpaired) electrons. The summed E-state index contributed by atoms with van der Waals surface area (Å²) in [5, 5.41) is 5.88. The Labute approximate surface area is 191 Å². The molecule has 4 nitrogen and oxygen atoms in total. The first-order chi connectivity index (χ1) is 15.3. The zero-order chi connectivity index (χ0) is 23.1. The van der Waals surface area contributed by atoms with Gasteiger partial charge in [-0.2, -0.15) is 0 Å². The van der Waals surface area contributed by atoms with E-state index in [9.17, 15) is 9.59 Å². The van der Waals surface area contributed by atoms with Crippen molar-refractivity contribution in [2.75, 3.05) is 5.32 Å². The number of amides is 2. The van der Waals surface area contributed by atoms with Gasteiger partial charge in [-0.1, -0.05) is 82.3 Å². The fourth-order valence-electron chi connectivity index (χ4n) is 3.48. The highest BCUT2D eigenvalue weighted by Crippen LogP contribution is 2.22. The van der Waals surface area contributed by atoms with Gasteiger partial charge in [-0.15, -0.1) is 0 Å². The monoisotopic (exact) mass is 428 g/mol. The summed E-state index contributed by atoms with van der Waals surface area (Å²) in [5.74, 6) is -0.499. The van der Waals surface area contributed by atoms with Crippen LogP contribution in [0.2, 0.25) is 0 Å². The summed E-state index contributed by atoms with van der Waals surface area (Å²) >= 11 is 0. The molecule has 0 aliphatic heterocycles. The van der Waals surface area contributed by atoms with Crippen molar-refractivity contribution in [3.63, 3.8) is 0 Å². The first-order valence-corrected chi connectivity index (χ1v) is 11.1. The van der Waals surface area contributed by atoms with E-state index in [2.05, 4.69) is 38.3 Å². The van der Waals surface area contributed by atoms with Crippen LogP contribution in [0.25, 0.3) is 0 Å². The number of hydrogen-bond donors (Lipinski definition) is 2. The van der Waals surface area contributed by atoms with Crippen molar-refractivity contribution in [2.24, 2.45) is 0 Å². The van der Waals surface area contributed by atoms with Crippen LogP contribution in [0, 0.1) is 0 Å². The lowest BCUT2D eigenvalue weighted by atomic mass is 9.86.